The molecule has 0 saturated heterocycles. The number of nitrogens with zero attached hydrogens (tertiary/aromatic N) is 1. The normalized spacial score (nSPS) is 12.1. The van der Waals surface area contributed by atoms with Gasteiger partial charge in [-0.05, 0) is 24.6 Å². The van der Waals surface area contributed by atoms with Crippen LogP contribution in [0.2, 0.25) is 0 Å². The Kier molecular flexibility index (Phi) is 5.46. The van der Waals surface area contributed by atoms with Crippen molar-refractivity contribution in [2.45, 2.75) is 13.5 Å². The van der Waals surface area contributed by atoms with Crippen molar-refractivity contribution in [2.24, 2.45) is 4.99 Å². The number of carbonyl (C=O) groups is 2. The maximum absolute atomic E-state index is 10.8. The van der Waals surface area contributed by atoms with Crippen LogP contribution in [0.4, 0.5) is 0 Å². The molecule has 0 radical (unpaired) electrons. The zero-order valence-electron chi connectivity index (χ0n) is 11.2. The second kappa shape index (κ2) is 7.08. The first kappa shape index (κ1) is 15.4. The van der Waals surface area contributed by atoms with Crippen molar-refractivity contribution in [3.05, 3.63) is 47.2 Å². The molecule has 0 aliphatic rings. The molecule has 0 aromatic heterocycles. The Labute approximate surface area is 116 Å². The van der Waals surface area contributed by atoms with Crippen LogP contribution >= 0.6 is 0 Å². The molecule has 20 heavy (non-hydrogen) atoms. The van der Waals surface area contributed by atoms with Gasteiger partial charge in [0.05, 0.1) is 11.3 Å². The van der Waals surface area contributed by atoms with E-state index in [-0.39, 0.29) is 17.9 Å². The number of aliphatic imine (C=N–C) groups is 1. The highest BCUT2D eigenvalue weighted by molar-refractivity contribution is 6.40. The standard InChI is InChI=1S/C14H15NO5/c1-9(6-12(15-2)14(18)19)20-8-10-4-3-5-11(7-10)13(16)17/h3-7H,8H2,1-2H3,(H,16,17)(H,18,19)/b9-6+,15-12?. The van der Waals surface area contributed by atoms with Gasteiger partial charge in [-0.2, -0.15) is 0 Å². The Morgan fingerprint density at radius 2 is 2.05 bits per heavy atom. The van der Waals surface area contributed by atoms with E-state index in [4.69, 9.17) is 14.9 Å². The molecule has 0 saturated carbocycles. The summed E-state index contributed by atoms with van der Waals surface area (Å²) in [7, 11) is 1.38. The Hall–Kier alpha value is -2.63. The van der Waals surface area contributed by atoms with Crippen molar-refractivity contribution in [2.75, 3.05) is 7.05 Å². The maximum Gasteiger partial charge on any atom is 0.354 e. The molecule has 2 N–H and O–H groups in total. The number of carboxylic acid groups (broad SMARTS) is 2. The molecule has 1 rings (SSSR count). The highest BCUT2D eigenvalue weighted by Crippen LogP contribution is 2.09. The third-order valence-corrected chi connectivity index (χ3v) is 2.44. The fraction of sp³-hybridized carbons (Fsp3) is 0.214. The lowest BCUT2D eigenvalue weighted by Crippen LogP contribution is -2.10. The lowest BCUT2D eigenvalue weighted by atomic mass is 10.1. The van der Waals surface area contributed by atoms with Gasteiger partial charge in [-0.25, -0.2) is 9.59 Å². The first-order chi connectivity index (χ1) is 9.43. The smallest absolute Gasteiger partial charge is 0.354 e. The summed E-state index contributed by atoms with van der Waals surface area (Å²) in [6.45, 7) is 1.76. The molecule has 1 aromatic carbocycles. The Morgan fingerprint density at radius 3 is 2.60 bits per heavy atom. The van der Waals surface area contributed by atoms with Gasteiger partial charge in [0.1, 0.15) is 12.3 Å². The predicted molar refractivity (Wildman–Crippen MR) is 72.9 cm³/mol. The summed E-state index contributed by atoms with van der Waals surface area (Å²) in [5, 5.41) is 17.7. The Balaban J connectivity index is 2.72. The van der Waals surface area contributed by atoms with Crippen molar-refractivity contribution in [1.82, 2.24) is 0 Å². The number of hydrogen-bond acceptors (Lipinski definition) is 4. The van der Waals surface area contributed by atoms with E-state index in [0.717, 1.165) is 0 Å². The first-order valence-electron chi connectivity index (χ1n) is 5.77. The van der Waals surface area contributed by atoms with Gasteiger partial charge in [0, 0.05) is 13.1 Å². The second-order valence-corrected chi connectivity index (χ2v) is 3.96. The molecule has 0 fully saturated rings. The minimum atomic E-state index is -1.14. The van der Waals surface area contributed by atoms with Crippen LogP contribution in [0.5, 0.6) is 0 Å². The lowest BCUT2D eigenvalue weighted by Gasteiger charge is -2.07. The Morgan fingerprint density at radius 1 is 1.35 bits per heavy atom. The number of hydrogen-bond donors (Lipinski definition) is 2. The van der Waals surface area contributed by atoms with E-state index >= 15 is 0 Å². The molecule has 1 aromatic rings. The zero-order chi connectivity index (χ0) is 15.1. The van der Waals surface area contributed by atoms with Crippen LogP contribution in [0.25, 0.3) is 0 Å². The second-order valence-electron chi connectivity index (χ2n) is 3.96. The molecule has 0 aliphatic heterocycles. The van der Waals surface area contributed by atoms with Crippen molar-refractivity contribution >= 4 is 17.7 Å². The minimum absolute atomic E-state index is 0.109. The number of aromatic carboxylic acids is 1. The molecular formula is C14H15NO5. The van der Waals surface area contributed by atoms with Crippen LogP contribution in [0, 0.1) is 0 Å². The van der Waals surface area contributed by atoms with E-state index in [9.17, 15) is 9.59 Å². The zero-order valence-corrected chi connectivity index (χ0v) is 11.2. The van der Waals surface area contributed by atoms with E-state index in [0.29, 0.717) is 11.3 Å². The lowest BCUT2D eigenvalue weighted by molar-refractivity contribution is -0.129. The number of allylic oxidation sites excluding steroid dienone is 1. The van der Waals surface area contributed by atoms with E-state index in [2.05, 4.69) is 4.99 Å². The van der Waals surface area contributed by atoms with Crippen LogP contribution in [0.1, 0.15) is 22.8 Å². The summed E-state index contributed by atoms with van der Waals surface area (Å²) < 4.78 is 5.37. The van der Waals surface area contributed by atoms with Gasteiger partial charge in [0.2, 0.25) is 0 Å². The maximum atomic E-state index is 10.8. The van der Waals surface area contributed by atoms with Crippen molar-refractivity contribution in [3.8, 4) is 0 Å². The fourth-order valence-electron chi connectivity index (χ4n) is 1.45. The molecule has 0 spiro atoms. The highest BCUT2D eigenvalue weighted by Gasteiger charge is 2.07. The average molecular weight is 277 g/mol. The molecule has 0 aliphatic carbocycles. The van der Waals surface area contributed by atoms with Gasteiger partial charge in [-0.1, -0.05) is 12.1 Å². The van der Waals surface area contributed by atoms with Crippen molar-refractivity contribution < 1.29 is 24.5 Å². The summed E-state index contributed by atoms with van der Waals surface area (Å²) >= 11 is 0. The van der Waals surface area contributed by atoms with Gasteiger partial charge in [-0.3, -0.25) is 4.99 Å². The first-order valence-corrected chi connectivity index (χ1v) is 5.77. The molecule has 6 heteroatoms. The van der Waals surface area contributed by atoms with Crippen LogP contribution in [-0.2, 0) is 16.1 Å². The summed E-state index contributed by atoms with van der Waals surface area (Å²) in [6, 6.07) is 6.34. The van der Waals surface area contributed by atoms with Gasteiger partial charge >= 0.3 is 11.9 Å². The monoisotopic (exact) mass is 277 g/mol. The number of rotatable bonds is 6. The molecule has 0 atom stereocenters. The summed E-state index contributed by atoms with van der Waals surface area (Å²) in [5.41, 5.74) is 0.749. The number of benzene rings is 1. The molecule has 0 unspecified atom stereocenters. The third-order valence-electron chi connectivity index (χ3n) is 2.44. The highest BCUT2D eigenvalue weighted by atomic mass is 16.5. The average Bonchev–Trinajstić information content (AvgIpc) is 2.42. The van der Waals surface area contributed by atoms with E-state index < -0.39 is 11.9 Å². The molecule has 6 nitrogen and oxygen atoms in total. The van der Waals surface area contributed by atoms with Gasteiger partial charge in [0.25, 0.3) is 0 Å². The molecule has 0 amide bonds. The van der Waals surface area contributed by atoms with E-state index in [1.165, 1.54) is 25.3 Å². The van der Waals surface area contributed by atoms with Crippen LogP contribution in [0.3, 0.4) is 0 Å². The van der Waals surface area contributed by atoms with Crippen LogP contribution < -0.4 is 0 Å². The van der Waals surface area contributed by atoms with E-state index in [1.54, 1.807) is 19.1 Å². The predicted octanol–water partition coefficient (Wildman–Crippen LogP) is 1.96. The van der Waals surface area contributed by atoms with Crippen molar-refractivity contribution in [1.29, 1.82) is 0 Å². The number of carboxylic acids is 2. The van der Waals surface area contributed by atoms with Gasteiger partial charge < -0.3 is 14.9 Å². The topological polar surface area (TPSA) is 96.2 Å². The van der Waals surface area contributed by atoms with E-state index in [1.807, 2.05) is 0 Å². The molecule has 106 valence electrons. The summed E-state index contributed by atoms with van der Waals surface area (Å²) in [5.74, 6) is -1.76. The quantitative estimate of drug-likeness (QED) is 0.612. The summed E-state index contributed by atoms with van der Waals surface area (Å²) in [6.07, 6.45) is 1.31. The summed E-state index contributed by atoms with van der Waals surface area (Å²) in [4.78, 5) is 25.2. The molecular weight excluding hydrogens is 262 g/mol. The Bertz CT molecular complexity index is 575. The molecule has 0 bridgehead atoms. The fourth-order valence-corrected chi connectivity index (χ4v) is 1.45. The third kappa shape index (κ3) is 4.56. The van der Waals surface area contributed by atoms with Crippen LogP contribution in [0.15, 0.2) is 41.1 Å². The van der Waals surface area contributed by atoms with Gasteiger partial charge in [-0.15, -0.1) is 0 Å². The minimum Gasteiger partial charge on any atom is -0.493 e. The number of ether oxygens (including phenoxy) is 1. The van der Waals surface area contributed by atoms with Crippen molar-refractivity contribution in [3.63, 3.8) is 0 Å². The largest absolute Gasteiger partial charge is 0.493 e. The van der Waals surface area contributed by atoms with Crippen LogP contribution in [-0.4, -0.2) is 34.9 Å². The molecule has 0 heterocycles. The number of aliphatic carboxylic acids is 1. The van der Waals surface area contributed by atoms with Gasteiger partial charge in [0.15, 0.2) is 0 Å². The SMILES string of the molecule is CN=C(/C=C(\C)OCc1cccc(C(=O)O)c1)C(=O)O.